The summed E-state index contributed by atoms with van der Waals surface area (Å²) in [5.74, 6) is 0.758. The van der Waals surface area contributed by atoms with E-state index in [1.165, 1.54) is 0 Å². The van der Waals surface area contributed by atoms with Gasteiger partial charge >= 0.3 is 8.03 Å². The van der Waals surface area contributed by atoms with Crippen LogP contribution in [0.2, 0.25) is 0 Å². The van der Waals surface area contributed by atoms with Gasteiger partial charge in [-0.3, -0.25) is 0 Å². The summed E-state index contributed by atoms with van der Waals surface area (Å²) in [5, 5.41) is 0. The summed E-state index contributed by atoms with van der Waals surface area (Å²) in [4.78, 5) is 0. The summed E-state index contributed by atoms with van der Waals surface area (Å²) < 4.78 is 16.1. The highest BCUT2D eigenvalue weighted by molar-refractivity contribution is 7.40. The van der Waals surface area contributed by atoms with E-state index >= 15 is 0 Å². The van der Waals surface area contributed by atoms with Gasteiger partial charge in [0, 0.05) is 0 Å². The van der Waals surface area contributed by atoms with Crippen molar-refractivity contribution in [2.75, 3.05) is 18.4 Å². The quantitative estimate of drug-likeness (QED) is 0.506. The molecule has 0 saturated carbocycles. The Morgan fingerprint density at radius 3 is 2.55 bits per heavy atom. The van der Waals surface area contributed by atoms with Gasteiger partial charge in [0.05, 0.1) is 11.8 Å². The van der Waals surface area contributed by atoms with Crippen LogP contribution in [-0.2, 0) is 9.09 Å². The molecule has 66 valence electrons. The van der Waals surface area contributed by atoms with E-state index in [1.54, 1.807) is 0 Å². The van der Waals surface area contributed by atoms with Crippen molar-refractivity contribution < 1.29 is 9.09 Å². The highest BCUT2D eigenvalue weighted by Crippen LogP contribution is 2.32. The molecule has 0 N–H and O–H groups in total. The number of halogens is 2. The molecule has 0 rings (SSSR count). The van der Waals surface area contributed by atoms with Crippen LogP contribution < -0.4 is 0 Å². The van der Waals surface area contributed by atoms with Crippen molar-refractivity contribution in [3.8, 4) is 0 Å². The van der Waals surface area contributed by atoms with E-state index in [2.05, 4.69) is 0 Å². The normalized spacial score (nSPS) is 14.6. The molecule has 0 heterocycles. The van der Waals surface area contributed by atoms with Gasteiger partial charge in [0.25, 0.3) is 0 Å². The number of rotatable bonds is 6. The van der Waals surface area contributed by atoms with Gasteiger partial charge in [-0.15, -0.1) is 27.7 Å². The molecule has 5 heteroatoms. The average molecular weight is 218 g/mol. The predicted octanol–water partition coefficient (Wildman–Crippen LogP) is 3.00. The van der Waals surface area contributed by atoms with Crippen molar-refractivity contribution >= 4 is 31.2 Å². The maximum Gasteiger partial charge on any atom is 0.512 e. The molecular weight excluding hydrogens is 206 g/mol. The molecule has 0 bridgehead atoms. The lowest BCUT2D eigenvalue weighted by Crippen LogP contribution is -2.04. The first-order chi connectivity index (χ1) is 5.26. The third-order valence-corrected chi connectivity index (χ3v) is 3.57. The Bertz CT molecular complexity index is 117. The molecule has 0 aliphatic carbocycles. The molecule has 2 unspecified atom stereocenters. The highest BCUT2D eigenvalue weighted by atomic mass is 35.5. The summed E-state index contributed by atoms with van der Waals surface area (Å²) in [7, 11) is -1.62. The Hall–Kier alpha value is 0.640. The van der Waals surface area contributed by atoms with E-state index in [9.17, 15) is 4.57 Å². The number of alkyl halides is 2. The maximum atomic E-state index is 11.1. The topological polar surface area (TPSA) is 26.3 Å². The maximum absolute atomic E-state index is 11.1. The van der Waals surface area contributed by atoms with Gasteiger partial charge in [0.15, 0.2) is 0 Å². The van der Waals surface area contributed by atoms with Crippen molar-refractivity contribution in [3.63, 3.8) is 0 Å². The van der Waals surface area contributed by atoms with Crippen LogP contribution >= 0.6 is 31.2 Å². The van der Waals surface area contributed by atoms with Crippen molar-refractivity contribution in [2.24, 2.45) is 0 Å². The molecule has 0 fully saturated rings. The van der Waals surface area contributed by atoms with E-state index in [0.717, 1.165) is 6.42 Å². The van der Waals surface area contributed by atoms with Crippen molar-refractivity contribution in [2.45, 2.75) is 19.0 Å². The second-order valence-electron chi connectivity index (χ2n) is 2.02. The van der Waals surface area contributed by atoms with Crippen LogP contribution in [0.15, 0.2) is 0 Å². The summed E-state index contributed by atoms with van der Waals surface area (Å²) in [6, 6.07) is 0. The molecule has 2 nitrogen and oxygen atoms in total. The molecule has 0 aliphatic heterocycles. The van der Waals surface area contributed by atoms with Crippen molar-refractivity contribution in [1.29, 1.82) is 0 Å². The molecular formula is C6H12Cl2O2P+. The predicted molar refractivity (Wildman–Crippen MR) is 49.1 cm³/mol. The minimum Gasteiger partial charge on any atom is -0.145 e. The summed E-state index contributed by atoms with van der Waals surface area (Å²) in [6.07, 6.45) is 0.779. The van der Waals surface area contributed by atoms with Gasteiger partial charge < -0.3 is 0 Å². The van der Waals surface area contributed by atoms with Crippen LogP contribution in [0.3, 0.4) is 0 Å². The van der Waals surface area contributed by atoms with Crippen LogP contribution in [0, 0.1) is 0 Å². The molecule has 0 aliphatic rings. The molecule has 0 radical (unpaired) electrons. The second-order valence-corrected chi connectivity index (χ2v) is 4.27. The minimum absolute atomic E-state index is 0.0325. The lowest BCUT2D eigenvalue weighted by atomic mass is 10.4. The van der Waals surface area contributed by atoms with Gasteiger partial charge in [0.1, 0.15) is 6.61 Å². The molecule has 0 aromatic rings. The number of hydrogen-bond acceptors (Lipinski definition) is 2. The smallest absolute Gasteiger partial charge is 0.145 e. The molecule has 0 aromatic carbocycles. The zero-order valence-electron chi connectivity index (χ0n) is 6.43. The Morgan fingerprint density at radius 1 is 1.55 bits per heavy atom. The Labute approximate surface area is 78.1 Å². The van der Waals surface area contributed by atoms with Gasteiger partial charge in [-0.05, 0) is 11.0 Å². The van der Waals surface area contributed by atoms with Crippen LogP contribution in [0.25, 0.3) is 0 Å². The fourth-order valence-electron chi connectivity index (χ4n) is 0.544. The largest absolute Gasteiger partial charge is 0.512 e. The third-order valence-electron chi connectivity index (χ3n) is 1.24. The summed E-state index contributed by atoms with van der Waals surface area (Å²) in [6.45, 7) is 2.27. The van der Waals surface area contributed by atoms with Gasteiger partial charge in [0.2, 0.25) is 5.66 Å². The molecule has 2 atom stereocenters. The molecule has 0 aromatic heterocycles. The van der Waals surface area contributed by atoms with Crippen molar-refractivity contribution in [3.05, 3.63) is 0 Å². The van der Waals surface area contributed by atoms with E-state index in [1.807, 2.05) is 6.92 Å². The minimum atomic E-state index is -1.62. The van der Waals surface area contributed by atoms with E-state index in [0.29, 0.717) is 18.4 Å². The first kappa shape index (κ1) is 11.6. The van der Waals surface area contributed by atoms with E-state index in [-0.39, 0.29) is 5.66 Å². The average Bonchev–Trinajstić information content (AvgIpc) is 2.03. The first-order valence-corrected chi connectivity index (χ1v) is 5.79. The molecule has 11 heavy (non-hydrogen) atoms. The summed E-state index contributed by atoms with van der Waals surface area (Å²) >= 11 is 10.9. The number of hydrogen-bond donors (Lipinski definition) is 0. The fourth-order valence-corrected chi connectivity index (χ4v) is 2.18. The Balaban J connectivity index is 3.61. The van der Waals surface area contributed by atoms with Crippen molar-refractivity contribution in [1.82, 2.24) is 0 Å². The summed E-state index contributed by atoms with van der Waals surface area (Å²) in [5.41, 5.74) is -0.0325. The molecule has 0 amide bonds. The van der Waals surface area contributed by atoms with Gasteiger partial charge in [-0.1, -0.05) is 6.92 Å². The highest BCUT2D eigenvalue weighted by Gasteiger charge is 2.29. The van der Waals surface area contributed by atoms with Crippen LogP contribution in [0.5, 0.6) is 0 Å². The first-order valence-electron chi connectivity index (χ1n) is 3.47. The monoisotopic (exact) mass is 217 g/mol. The van der Waals surface area contributed by atoms with Crippen LogP contribution in [-0.4, -0.2) is 24.0 Å². The lowest BCUT2D eigenvalue weighted by Gasteiger charge is -1.95. The lowest BCUT2D eigenvalue weighted by molar-refractivity contribution is 0.346. The third kappa shape index (κ3) is 4.97. The van der Waals surface area contributed by atoms with Crippen LogP contribution in [0.1, 0.15) is 13.3 Å². The Kier molecular flexibility index (Phi) is 7.72. The molecule has 0 spiro atoms. The second kappa shape index (κ2) is 7.30. The zero-order chi connectivity index (χ0) is 8.69. The standard InChI is InChI=1S/C6H12Cl2O2P/c1-2-6(5-8)11(9)10-4-3-7/h6H,2-5H2,1H3/q+1. The fraction of sp³-hybridized carbons (Fsp3) is 1.00. The van der Waals surface area contributed by atoms with Gasteiger partial charge in [-0.2, -0.15) is 0 Å². The molecule has 0 saturated heterocycles. The Morgan fingerprint density at radius 2 is 2.18 bits per heavy atom. The van der Waals surface area contributed by atoms with E-state index in [4.69, 9.17) is 27.7 Å². The van der Waals surface area contributed by atoms with Crippen LogP contribution in [0.4, 0.5) is 0 Å². The van der Waals surface area contributed by atoms with Gasteiger partial charge in [-0.25, -0.2) is 0 Å². The van der Waals surface area contributed by atoms with E-state index < -0.39 is 8.03 Å². The zero-order valence-corrected chi connectivity index (χ0v) is 8.83. The SMILES string of the molecule is CCC(CCl)[P+](=O)OCCCl.